The molecular weight excluding hydrogens is 317 g/mol. The molecule has 0 heterocycles. The molecule has 0 radical (unpaired) electrons. The van der Waals surface area contributed by atoms with Gasteiger partial charge in [0.2, 0.25) is 5.91 Å². The van der Waals surface area contributed by atoms with E-state index >= 15 is 0 Å². The summed E-state index contributed by atoms with van der Waals surface area (Å²) in [6.45, 7) is 4.01. The second-order valence-electron chi connectivity index (χ2n) is 5.96. The fraction of sp³-hybridized carbons (Fsp3) is 0.278. The van der Waals surface area contributed by atoms with Crippen LogP contribution in [0.5, 0.6) is 0 Å². The Kier molecular flexibility index (Phi) is 4.16. The largest absolute Gasteiger partial charge is 0.326 e. The van der Waals surface area contributed by atoms with E-state index in [4.69, 9.17) is 23.2 Å². The van der Waals surface area contributed by atoms with Crippen LogP contribution in [-0.4, -0.2) is 5.91 Å². The summed E-state index contributed by atoms with van der Waals surface area (Å²) in [4.78, 5) is 12.4. The van der Waals surface area contributed by atoms with Crippen LogP contribution in [0.2, 0.25) is 10.0 Å². The van der Waals surface area contributed by atoms with Crippen molar-refractivity contribution in [3.05, 3.63) is 63.1 Å². The predicted molar refractivity (Wildman–Crippen MR) is 91.9 cm³/mol. The molecule has 0 aliphatic heterocycles. The molecule has 0 bridgehead atoms. The number of benzene rings is 2. The van der Waals surface area contributed by atoms with E-state index in [9.17, 15) is 4.79 Å². The van der Waals surface area contributed by atoms with Crippen LogP contribution in [0.1, 0.15) is 29.0 Å². The lowest BCUT2D eigenvalue weighted by molar-refractivity contribution is -0.117. The molecule has 22 heavy (non-hydrogen) atoms. The predicted octanol–water partition coefficient (Wildman–Crippen LogP) is 5.35. The van der Waals surface area contributed by atoms with Crippen LogP contribution >= 0.6 is 23.2 Å². The molecule has 0 aromatic heterocycles. The minimum Gasteiger partial charge on any atom is -0.326 e. The number of anilines is 1. The van der Waals surface area contributed by atoms with Crippen LogP contribution in [0.15, 0.2) is 36.4 Å². The number of nitrogens with one attached hydrogen (secondary N) is 1. The van der Waals surface area contributed by atoms with Crippen molar-refractivity contribution in [1.82, 2.24) is 0 Å². The number of hydrogen-bond donors (Lipinski definition) is 1. The Hall–Kier alpha value is -1.51. The second kappa shape index (κ2) is 5.94. The lowest BCUT2D eigenvalue weighted by atomic mass is 10.1. The van der Waals surface area contributed by atoms with E-state index in [1.807, 2.05) is 44.2 Å². The molecule has 2 aromatic rings. The van der Waals surface area contributed by atoms with Gasteiger partial charge in [0, 0.05) is 21.7 Å². The molecule has 2 aromatic carbocycles. The van der Waals surface area contributed by atoms with Crippen LogP contribution in [0.25, 0.3) is 0 Å². The fourth-order valence-electron chi connectivity index (χ4n) is 2.74. The van der Waals surface area contributed by atoms with Crippen LogP contribution < -0.4 is 5.32 Å². The number of carbonyl (C=O) groups is 1. The first kappa shape index (κ1) is 15.4. The van der Waals surface area contributed by atoms with Gasteiger partial charge in [-0.25, -0.2) is 0 Å². The summed E-state index contributed by atoms with van der Waals surface area (Å²) in [5.41, 5.74) is 4.13. The molecule has 4 heteroatoms. The van der Waals surface area contributed by atoms with E-state index in [0.717, 1.165) is 28.8 Å². The molecule has 1 N–H and O–H groups in total. The van der Waals surface area contributed by atoms with Gasteiger partial charge >= 0.3 is 0 Å². The summed E-state index contributed by atoms with van der Waals surface area (Å²) < 4.78 is 0. The fourth-order valence-corrected chi connectivity index (χ4v) is 3.28. The zero-order valence-electron chi connectivity index (χ0n) is 12.5. The van der Waals surface area contributed by atoms with Gasteiger partial charge in [-0.2, -0.15) is 0 Å². The van der Waals surface area contributed by atoms with Crippen molar-refractivity contribution in [3.8, 4) is 0 Å². The molecular formula is C18H17Cl2NO. The average molecular weight is 334 g/mol. The number of halogens is 2. The lowest BCUT2D eigenvalue weighted by Crippen LogP contribution is -2.15. The third kappa shape index (κ3) is 3.29. The SMILES string of the molecule is Cc1ccc(C)c(NC(=O)[C@H]2C[C@@H]2c2cc(Cl)cc(Cl)c2)c1. The van der Waals surface area contributed by atoms with Gasteiger partial charge < -0.3 is 5.32 Å². The van der Waals surface area contributed by atoms with Crippen molar-refractivity contribution in [1.29, 1.82) is 0 Å². The zero-order valence-corrected chi connectivity index (χ0v) is 14.0. The summed E-state index contributed by atoms with van der Waals surface area (Å²) in [6.07, 6.45) is 0.841. The molecule has 1 aliphatic rings. The van der Waals surface area contributed by atoms with Gasteiger partial charge in [-0.15, -0.1) is 0 Å². The average Bonchev–Trinajstić information content (AvgIpc) is 3.22. The Bertz CT molecular complexity index is 722. The van der Waals surface area contributed by atoms with Gasteiger partial charge in [-0.05, 0) is 67.1 Å². The van der Waals surface area contributed by atoms with Gasteiger partial charge in [0.25, 0.3) is 0 Å². The molecule has 1 fully saturated rings. The molecule has 3 rings (SSSR count). The number of aryl methyl sites for hydroxylation is 2. The highest BCUT2D eigenvalue weighted by atomic mass is 35.5. The molecule has 1 amide bonds. The first-order chi connectivity index (χ1) is 10.4. The van der Waals surface area contributed by atoms with Crippen molar-refractivity contribution in [3.63, 3.8) is 0 Å². The van der Waals surface area contributed by atoms with E-state index in [2.05, 4.69) is 5.32 Å². The monoisotopic (exact) mass is 333 g/mol. The Morgan fingerprint density at radius 1 is 1.09 bits per heavy atom. The normalized spacial score (nSPS) is 19.8. The van der Waals surface area contributed by atoms with Gasteiger partial charge in [0.1, 0.15) is 0 Å². The standard InChI is InChI=1S/C18H17Cl2NO/c1-10-3-4-11(2)17(5-10)21-18(22)16-9-15(16)12-6-13(19)8-14(20)7-12/h3-8,15-16H,9H2,1-2H3,(H,21,22)/t15-,16+/m1/s1. The van der Waals surface area contributed by atoms with Crippen LogP contribution in [-0.2, 0) is 4.79 Å². The third-order valence-electron chi connectivity index (χ3n) is 4.09. The molecule has 1 aliphatic carbocycles. The van der Waals surface area contributed by atoms with Crippen molar-refractivity contribution < 1.29 is 4.79 Å². The number of hydrogen-bond acceptors (Lipinski definition) is 1. The number of carbonyl (C=O) groups excluding carboxylic acids is 1. The van der Waals surface area contributed by atoms with E-state index in [1.54, 1.807) is 6.07 Å². The van der Waals surface area contributed by atoms with Crippen molar-refractivity contribution >= 4 is 34.8 Å². The molecule has 2 atom stereocenters. The van der Waals surface area contributed by atoms with E-state index in [1.165, 1.54) is 0 Å². The van der Waals surface area contributed by atoms with Gasteiger partial charge in [-0.1, -0.05) is 35.3 Å². The van der Waals surface area contributed by atoms with Crippen LogP contribution in [0.4, 0.5) is 5.69 Å². The Balaban J connectivity index is 1.71. The smallest absolute Gasteiger partial charge is 0.228 e. The Labute approximate surface area is 140 Å². The Morgan fingerprint density at radius 2 is 1.77 bits per heavy atom. The van der Waals surface area contributed by atoms with Crippen LogP contribution in [0.3, 0.4) is 0 Å². The maximum Gasteiger partial charge on any atom is 0.228 e. The number of rotatable bonds is 3. The first-order valence-electron chi connectivity index (χ1n) is 7.28. The quantitative estimate of drug-likeness (QED) is 0.805. The summed E-state index contributed by atoms with van der Waals surface area (Å²) in [7, 11) is 0. The first-order valence-corrected chi connectivity index (χ1v) is 8.04. The van der Waals surface area contributed by atoms with Crippen molar-refractivity contribution in [2.24, 2.45) is 5.92 Å². The summed E-state index contributed by atoms with van der Waals surface area (Å²) >= 11 is 12.1. The highest BCUT2D eigenvalue weighted by Gasteiger charge is 2.44. The zero-order chi connectivity index (χ0) is 15.9. The van der Waals surface area contributed by atoms with Gasteiger partial charge in [-0.3, -0.25) is 4.79 Å². The van der Waals surface area contributed by atoms with Gasteiger partial charge in [0.15, 0.2) is 0 Å². The summed E-state index contributed by atoms with van der Waals surface area (Å²) in [6, 6.07) is 11.6. The maximum atomic E-state index is 12.4. The maximum absolute atomic E-state index is 12.4. The van der Waals surface area contributed by atoms with Crippen LogP contribution in [0, 0.1) is 19.8 Å². The highest BCUT2D eigenvalue weighted by Crippen LogP contribution is 2.49. The molecule has 1 saturated carbocycles. The van der Waals surface area contributed by atoms with E-state index in [0.29, 0.717) is 10.0 Å². The summed E-state index contributed by atoms with van der Waals surface area (Å²) in [5.74, 6) is 0.269. The van der Waals surface area contributed by atoms with Crippen molar-refractivity contribution in [2.75, 3.05) is 5.32 Å². The summed E-state index contributed by atoms with van der Waals surface area (Å²) in [5, 5.41) is 4.26. The van der Waals surface area contributed by atoms with Gasteiger partial charge in [0.05, 0.1) is 0 Å². The molecule has 0 saturated heterocycles. The third-order valence-corrected chi connectivity index (χ3v) is 4.53. The number of amides is 1. The topological polar surface area (TPSA) is 29.1 Å². The van der Waals surface area contributed by atoms with E-state index in [-0.39, 0.29) is 17.7 Å². The van der Waals surface area contributed by atoms with E-state index < -0.39 is 0 Å². The molecule has 2 nitrogen and oxygen atoms in total. The Morgan fingerprint density at radius 3 is 2.45 bits per heavy atom. The molecule has 114 valence electrons. The highest BCUT2D eigenvalue weighted by molar-refractivity contribution is 6.34. The minimum absolute atomic E-state index is 0.00514. The lowest BCUT2D eigenvalue weighted by Gasteiger charge is -2.09. The van der Waals surface area contributed by atoms with Crippen molar-refractivity contribution in [2.45, 2.75) is 26.2 Å². The molecule has 0 unspecified atom stereocenters. The second-order valence-corrected chi connectivity index (χ2v) is 6.83. The minimum atomic E-state index is -0.00514. The molecule has 0 spiro atoms.